The minimum atomic E-state index is -4.77. The summed E-state index contributed by atoms with van der Waals surface area (Å²) in [7, 11) is 0. The Bertz CT molecular complexity index is 441. The first-order valence-electron chi connectivity index (χ1n) is 5.67. The topological polar surface area (TPSA) is 37.3 Å². The number of halogens is 3. The molecule has 0 heterocycles. The zero-order valence-corrected chi connectivity index (χ0v) is 9.57. The van der Waals surface area contributed by atoms with E-state index in [1.807, 2.05) is 0 Å². The Morgan fingerprint density at radius 3 is 2.39 bits per heavy atom. The molecule has 0 saturated heterocycles. The standard InChI is InChI=1S/C13H13F3O2/c14-13(15,16)12(18)7-10(6-11(17)8-12)9-4-2-1-3-5-9/h1-5,10,18H,6-8H2/t10-,12+/m0/s1. The van der Waals surface area contributed by atoms with E-state index >= 15 is 0 Å². The van der Waals surface area contributed by atoms with Crippen molar-refractivity contribution in [2.75, 3.05) is 0 Å². The van der Waals surface area contributed by atoms with Crippen LogP contribution in [0.1, 0.15) is 30.7 Å². The first-order valence-corrected chi connectivity index (χ1v) is 5.67. The van der Waals surface area contributed by atoms with Gasteiger partial charge in [0.05, 0.1) is 0 Å². The van der Waals surface area contributed by atoms with Gasteiger partial charge in [-0.2, -0.15) is 13.2 Å². The van der Waals surface area contributed by atoms with Crippen LogP contribution in [-0.4, -0.2) is 22.7 Å². The Kier molecular flexibility index (Phi) is 3.19. The van der Waals surface area contributed by atoms with Gasteiger partial charge in [-0.3, -0.25) is 4.79 Å². The molecule has 1 saturated carbocycles. The van der Waals surface area contributed by atoms with Crippen LogP contribution in [0.2, 0.25) is 0 Å². The van der Waals surface area contributed by atoms with Gasteiger partial charge in [0.1, 0.15) is 5.78 Å². The lowest BCUT2D eigenvalue weighted by molar-refractivity contribution is -0.267. The molecule has 0 amide bonds. The number of rotatable bonds is 1. The summed E-state index contributed by atoms with van der Waals surface area (Å²) in [4.78, 5) is 11.4. The minimum absolute atomic E-state index is 0.0579. The summed E-state index contributed by atoms with van der Waals surface area (Å²) in [5.74, 6) is -1.12. The lowest BCUT2D eigenvalue weighted by Crippen LogP contribution is -2.50. The predicted octanol–water partition coefficient (Wildman–Crippen LogP) is 2.82. The Morgan fingerprint density at radius 1 is 1.22 bits per heavy atom. The maximum Gasteiger partial charge on any atom is 0.417 e. The smallest absolute Gasteiger partial charge is 0.380 e. The van der Waals surface area contributed by atoms with Crippen molar-refractivity contribution in [2.45, 2.75) is 37.0 Å². The molecular weight excluding hydrogens is 245 g/mol. The first-order chi connectivity index (χ1) is 8.32. The molecular formula is C13H13F3O2. The van der Waals surface area contributed by atoms with E-state index < -0.39 is 36.3 Å². The van der Waals surface area contributed by atoms with Crippen LogP contribution in [0.15, 0.2) is 30.3 Å². The monoisotopic (exact) mass is 258 g/mol. The minimum Gasteiger partial charge on any atom is -0.380 e. The lowest BCUT2D eigenvalue weighted by Gasteiger charge is -2.37. The predicted molar refractivity (Wildman–Crippen MR) is 59.0 cm³/mol. The lowest BCUT2D eigenvalue weighted by atomic mass is 9.74. The van der Waals surface area contributed by atoms with Gasteiger partial charge in [-0.05, 0) is 17.9 Å². The summed E-state index contributed by atoms with van der Waals surface area (Å²) >= 11 is 0. The van der Waals surface area contributed by atoms with E-state index in [9.17, 15) is 23.1 Å². The van der Waals surface area contributed by atoms with E-state index in [0.29, 0.717) is 5.56 Å². The second kappa shape index (κ2) is 4.39. The van der Waals surface area contributed by atoms with Crippen molar-refractivity contribution in [2.24, 2.45) is 0 Å². The Hall–Kier alpha value is -1.36. The van der Waals surface area contributed by atoms with Gasteiger partial charge in [0.15, 0.2) is 5.60 Å². The average molecular weight is 258 g/mol. The van der Waals surface area contributed by atoms with Crippen LogP contribution in [-0.2, 0) is 4.79 Å². The molecule has 0 aromatic heterocycles. The molecule has 2 rings (SSSR count). The normalized spacial score (nSPS) is 29.3. The molecule has 1 fully saturated rings. The molecule has 0 spiro atoms. The third-order valence-electron chi connectivity index (χ3n) is 3.35. The molecule has 2 nitrogen and oxygen atoms in total. The zero-order valence-electron chi connectivity index (χ0n) is 9.57. The second-order valence-electron chi connectivity index (χ2n) is 4.76. The number of alkyl halides is 3. The Balaban J connectivity index is 2.28. The van der Waals surface area contributed by atoms with E-state index in [4.69, 9.17) is 0 Å². The van der Waals surface area contributed by atoms with Crippen LogP contribution in [0.5, 0.6) is 0 Å². The number of Topliss-reactive ketones (excluding diaryl/α,β-unsaturated/α-hetero) is 1. The molecule has 5 heteroatoms. The highest BCUT2D eigenvalue weighted by Gasteiger charge is 2.57. The number of benzene rings is 1. The summed E-state index contributed by atoms with van der Waals surface area (Å²) in [5, 5.41) is 9.66. The SMILES string of the molecule is O=C1C[C@H](c2ccccc2)C[C@](O)(C(F)(F)F)C1. The van der Waals surface area contributed by atoms with Crippen LogP contribution in [0.3, 0.4) is 0 Å². The third kappa shape index (κ3) is 2.41. The van der Waals surface area contributed by atoms with E-state index in [-0.39, 0.29) is 6.42 Å². The Morgan fingerprint density at radius 2 is 1.83 bits per heavy atom. The van der Waals surface area contributed by atoms with Gasteiger partial charge >= 0.3 is 6.18 Å². The van der Waals surface area contributed by atoms with Crippen molar-refractivity contribution in [3.63, 3.8) is 0 Å². The van der Waals surface area contributed by atoms with Crippen molar-refractivity contribution in [3.05, 3.63) is 35.9 Å². The van der Waals surface area contributed by atoms with Crippen molar-refractivity contribution in [3.8, 4) is 0 Å². The second-order valence-corrected chi connectivity index (χ2v) is 4.76. The van der Waals surface area contributed by atoms with Gasteiger partial charge in [-0.1, -0.05) is 30.3 Å². The van der Waals surface area contributed by atoms with Gasteiger partial charge in [0, 0.05) is 12.8 Å². The van der Waals surface area contributed by atoms with Crippen LogP contribution >= 0.6 is 0 Å². The molecule has 98 valence electrons. The molecule has 0 aliphatic heterocycles. The maximum absolute atomic E-state index is 12.8. The summed E-state index contributed by atoms with van der Waals surface area (Å²) in [6.45, 7) is 0. The largest absolute Gasteiger partial charge is 0.417 e. The molecule has 1 aliphatic rings. The molecule has 18 heavy (non-hydrogen) atoms. The van der Waals surface area contributed by atoms with Gasteiger partial charge < -0.3 is 5.11 Å². The van der Waals surface area contributed by atoms with E-state index in [0.717, 1.165) is 0 Å². The summed E-state index contributed by atoms with van der Waals surface area (Å²) in [6, 6.07) is 8.53. The number of hydrogen-bond donors (Lipinski definition) is 1. The summed E-state index contributed by atoms with van der Waals surface area (Å²) in [6.07, 6.45) is -6.00. The highest BCUT2D eigenvalue weighted by Crippen LogP contribution is 2.45. The number of aliphatic hydroxyl groups is 1. The molecule has 1 aromatic carbocycles. The van der Waals surface area contributed by atoms with E-state index in [2.05, 4.69) is 0 Å². The summed E-state index contributed by atoms with van der Waals surface area (Å²) < 4.78 is 38.4. The molecule has 0 bridgehead atoms. The van der Waals surface area contributed by atoms with Crippen LogP contribution < -0.4 is 0 Å². The molecule has 1 aromatic rings. The van der Waals surface area contributed by atoms with E-state index in [1.165, 1.54) is 0 Å². The average Bonchev–Trinajstić information content (AvgIpc) is 2.27. The van der Waals surface area contributed by atoms with Gasteiger partial charge in [0.25, 0.3) is 0 Å². The highest BCUT2D eigenvalue weighted by molar-refractivity contribution is 5.81. The van der Waals surface area contributed by atoms with Gasteiger partial charge in [-0.25, -0.2) is 0 Å². The fraction of sp³-hybridized carbons (Fsp3) is 0.462. The molecule has 0 unspecified atom stereocenters. The highest BCUT2D eigenvalue weighted by atomic mass is 19.4. The van der Waals surface area contributed by atoms with Gasteiger partial charge in [-0.15, -0.1) is 0 Å². The zero-order chi connectivity index (χ0) is 13.4. The number of carbonyl (C=O) groups is 1. The third-order valence-corrected chi connectivity index (χ3v) is 3.35. The van der Waals surface area contributed by atoms with Crippen molar-refractivity contribution >= 4 is 5.78 Å². The van der Waals surface area contributed by atoms with Crippen LogP contribution in [0.4, 0.5) is 13.2 Å². The Labute approximate surface area is 102 Å². The molecule has 0 radical (unpaired) electrons. The van der Waals surface area contributed by atoms with Crippen LogP contribution in [0, 0.1) is 0 Å². The number of hydrogen-bond acceptors (Lipinski definition) is 2. The van der Waals surface area contributed by atoms with Crippen molar-refractivity contribution < 1.29 is 23.1 Å². The molecule has 1 aliphatic carbocycles. The first kappa shape index (κ1) is 13.1. The number of carbonyl (C=O) groups excluding carboxylic acids is 1. The van der Waals surface area contributed by atoms with Crippen LogP contribution in [0.25, 0.3) is 0 Å². The molecule has 1 N–H and O–H groups in total. The van der Waals surface area contributed by atoms with Crippen molar-refractivity contribution in [1.29, 1.82) is 0 Å². The van der Waals surface area contributed by atoms with E-state index in [1.54, 1.807) is 30.3 Å². The van der Waals surface area contributed by atoms with Crippen molar-refractivity contribution in [1.82, 2.24) is 0 Å². The van der Waals surface area contributed by atoms with Gasteiger partial charge in [0.2, 0.25) is 0 Å². The summed E-state index contributed by atoms with van der Waals surface area (Å²) in [5.41, 5.74) is -2.23. The maximum atomic E-state index is 12.8. The number of ketones is 1. The fourth-order valence-corrected chi connectivity index (χ4v) is 2.40. The molecule has 2 atom stereocenters. The quantitative estimate of drug-likeness (QED) is 0.841. The fourth-order valence-electron chi connectivity index (χ4n) is 2.40.